The van der Waals surface area contributed by atoms with Gasteiger partial charge in [-0.1, -0.05) is 12.1 Å². The molecule has 1 aromatic carbocycles. The van der Waals surface area contributed by atoms with Crippen molar-refractivity contribution in [3.8, 4) is 0 Å². The fraction of sp³-hybridized carbons (Fsp3) is 0.353. The number of amides is 1. The minimum atomic E-state index is -0.374. The number of hydrogen-bond donors (Lipinski definition) is 0. The van der Waals surface area contributed by atoms with Crippen molar-refractivity contribution in [1.82, 2.24) is 9.80 Å². The van der Waals surface area contributed by atoms with E-state index >= 15 is 0 Å². The Morgan fingerprint density at radius 3 is 2.50 bits per heavy atom. The number of carbonyl (C=O) groups excluding carboxylic acids is 2. The van der Waals surface area contributed by atoms with E-state index < -0.39 is 0 Å². The summed E-state index contributed by atoms with van der Waals surface area (Å²) in [5.41, 5.74) is 1.34. The molecular formula is C17H19N3O3S. The Balaban J connectivity index is 1.69. The van der Waals surface area contributed by atoms with E-state index in [-0.39, 0.29) is 11.9 Å². The Bertz CT molecular complexity index is 704. The van der Waals surface area contributed by atoms with E-state index in [0.717, 1.165) is 36.9 Å². The first-order valence-electron chi connectivity index (χ1n) is 7.71. The Hall–Kier alpha value is -2.12. The number of amidine groups is 1. The monoisotopic (exact) mass is 345 g/mol. The van der Waals surface area contributed by atoms with E-state index in [1.54, 1.807) is 30.3 Å². The van der Waals surface area contributed by atoms with E-state index in [9.17, 15) is 9.59 Å². The molecule has 126 valence electrons. The summed E-state index contributed by atoms with van der Waals surface area (Å²) in [4.78, 5) is 32.8. The van der Waals surface area contributed by atoms with Crippen molar-refractivity contribution in [3.63, 3.8) is 0 Å². The zero-order valence-corrected chi connectivity index (χ0v) is 14.5. The smallest absolute Gasteiger partial charge is 0.337 e. The predicted octanol–water partition coefficient (Wildman–Crippen LogP) is 1.69. The number of likely N-dealkylation sites (N-methyl/N-ethyl adjacent to an activating group) is 1. The van der Waals surface area contributed by atoms with Crippen LogP contribution in [0.3, 0.4) is 0 Å². The van der Waals surface area contributed by atoms with Gasteiger partial charge in [-0.25, -0.2) is 4.79 Å². The molecule has 0 spiro atoms. The van der Waals surface area contributed by atoms with Crippen LogP contribution in [0.2, 0.25) is 0 Å². The number of thioether (sulfide) groups is 1. The fourth-order valence-corrected chi connectivity index (χ4v) is 3.48. The Morgan fingerprint density at radius 2 is 1.88 bits per heavy atom. The standard InChI is InChI=1S/C17H19N3O3S/c1-19-7-9-20(10-8-19)17-18-15(21)14(24-17)11-12-3-5-13(6-4-12)16(22)23-2/h3-6,11H,7-10H2,1-2H3/b14-11-. The molecule has 24 heavy (non-hydrogen) atoms. The van der Waals surface area contributed by atoms with Crippen LogP contribution in [0.15, 0.2) is 34.2 Å². The molecule has 1 amide bonds. The molecule has 0 bridgehead atoms. The minimum Gasteiger partial charge on any atom is -0.465 e. The van der Waals surface area contributed by atoms with Crippen LogP contribution in [0.4, 0.5) is 0 Å². The molecule has 6 nitrogen and oxygen atoms in total. The molecule has 0 aromatic heterocycles. The number of piperazine rings is 1. The summed E-state index contributed by atoms with van der Waals surface area (Å²) in [5, 5.41) is 0.783. The second kappa shape index (κ2) is 7.19. The maximum Gasteiger partial charge on any atom is 0.337 e. The van der Waals surface area contributed by atoms with Gasteiger partial charge < -0.3 is 14.5 Å². The van der Waals surface area contributed by atoms with Gasteiger partial charge in [0.15, 0.2) is 5.17 Å². The van der Waals surface area contributed by atoms with Crippen LogP contribution in [0, 0.1) is 0 Å². The molecule has 0 N–H and O–H groups in total. The number of nitrogens with zero attached hydrogens (tertiary/aromatic N) is 3. The van der Waals surface area contributed by atoms with E-state index in [1.807, 2.05) is 0 Å². The summed E-state index contributed by atoms with van der Waals surface area (Å²) in [6.45, 7) is 3.72. The predicted molar refractivity (Wildman–Crippen MR) is 94.9 cm³/mol. The zero-order chi connectivity index (χ0) is 17.1. The molecule has 0 saturated carbocycles. The number of rotatable bonds is 2. The Morgan fingerprint density at radius 1 is 1.21 bits per heavy atom. The maximum atomic E-state index is 12.1. The number of carbonyl (C=O) groups is 2. The first kappa shape index (κ1) is 16.7. The van der Waals surface area contributed by atoms with Crippen molar-refractivity contribution in [3.05, 3.63) is 40.3 Å². The molecule has 2 aliphatic heterocycles. The lowest BCUT2D eigenvalue weighted by Gasteiger charge is -2.32. The van der Waals surface area contributed by atoms with Gasteiger partial charge in [0.2, 0.25) is 0 Å². The van der Waals surface area contributed by atoms with Crippen molar-refractivity contribution in [2.45, 2.75) is 0 Å². The van der Waals surface area contributed by atoms with Gasteiger partial charge in [0.25, 0.3) is 5.91 Å². The SMILES string of the molecule is COC(=O)c1ccc(/C=C2\SC(N3CCN(C)CC3)=NC2=O)cc1. The molecule has 0 unspecified atom stereocenters. The van der Waals surface area contributed by atoms with Crippen molar-refractivity contribution < 1.29 is 14.3 Å². The quantitative estimate of drug-likeness (QED) is 0.600. The van der Waals surface area contributed by atoms with Crippen LogP contribution in [-0.2, 0) is 9.53 Å². The zero-order valence-electron chi connectivity index (χ0n) is 13.7. The number of aliphatic imine (C=N–C) groups is 1. The molecule has 1 fully saturated rings. The van der Waals surface area contributed by atoms with E-state index in [4.69, 9.17) is 0 Å². The number of ether oxygens (including phenoxy) is 1. The van der Waals surface area contributed by atoms with Crippen LogP contribution in [-0.4, -0.2) is 67.2 Å². The van der Waals surface area contributed by atoms with Crippen LogP contribution >= 0.6 is 11.8 Å². The van der Waals surface area contributed by atoms with Gasteiger partial charge >= 0.3 is 5.97 Å². The molecule has 0 atom stereocenters. The molecule has 0 aliphatic carbocycles. The minimum absolute atomic E-state index is 0.203. The number of esters is 1. The fourth-order valence-electron chi connectivity index (χ4n) is 2.52. The van der Waals surface area contributed by atoms with Crippen molar-refractivity contribution >= 4 is 34.9 Å². The van der Waals surface area contributed by atoms with Gasteiger partial charge in [0, 0.05) is 26.2 Å². The lowest BCUT2D eigenvalue weighted by Crippen LogP contribution is -2.46. The third kappa shape index (κ3) is 3.68. The van der Waals surface area contributed by atoms with Gasteiger partial charge in [-0.2, -0.15) is 4.99 Å². The van der Waals surface area contributed by atoms with Crippen LogP contribution in [0.25, 0.3) is 6.08 Å². The second-order valence-electron chi connectivity index (χ2n) is 5.71. The average Bonchev–Trinajstić information content (AvgIpc) is 2.96. The normalized spacial score (nSPS) is 20.4. The van der Waals surface area contributed by atoms with Crippen LogP contribution < -0.4 is 0 Å². The number of hydrogen-bond acceptors (Lipinski definition) is 6. The molecular weight excluding hydrogens is 326 g/mol. The van der Waals surface area contributed by atoms with Crippen molar-refractivity contribution in [1.29, 1.82) is 0 Å². The summed E-state index contributed by atoms with van der Waals surface area (Å²) >= 11 is 1.41. The molecule has 1 saturated heterocycles. The van der Waals surface area contributed by atoms with Gasteiger partial charge in [-0.05, 0) is 42.6 Å². The molecule has 0 radical (unpaired) electrons. The summed E-state index contributed by atoms with van der Waals surface area (Å²) in [6.07, 6.45) is 1.81. The first-order chi connectivity index (χ1) is 11.6. The highest BCUT2D eigenvalue weighted by Gasteiger charge is 2.27. The van der Waals surface area contributed by atoms with Crippen LogP contribution in [0.1, 0.15) is 15.9 Å². The maximum absolute atomic E-state index is 12.1. The lowest BCUT2D eigenvalue weighted by molar-refractivity contribution is -0.113. The van der Waals surface area contributed by atoms with E-state index in [2.05, 4.69) is 26.6 Å². The Kier molecular flexibility index (Phi) is 5.01. The van der Waals surface area contributed by atoms with Gasteiger partial charge in [-0.15, -0.1) is 0 Å². The molecule has 1 aromatic rings. The van der Waals surface area contributed by atoms with Gasteiger partial charge in [0.1, 0.15) is 0 Å². The summed E-state index contributed by atoms with van der Waals surface area (Å²) in [5.74, 6) is -0.577. The third-order valence-corrected chi connectivity index (χ3v) is 5.06. The molecule has 3 rings (SSSR count). The average molecular weight is 345 g/mol. The lowest BCUT2D eigenvalue weighted by atomic mass is 10.1. The van der Waals surface area contributed by atoms with Crippen molar-refractivity contribution in [2.75, 3.05) is 40.3 Å². The van der Waals surface area contributed by atoms with Gasteiger partial charge in [-0.3, -0.25) is 4.79 Å². The largest absolute Gasteiger partial charge is 0.465 e. The van der Waals surface area contributed by atoms with Crippen molar-refractivity contribution in [2.24, 2.45) is 4.99 Å². The van der Waals surface area contributed by atoms with Gasteiger partial charge in [0.05, 0.1) is 17.6 Å². The first-order valence-corrected chi connectivity index (χ1v) is 8.53. The highest BCUT2D eigenvalue weighted by atomic mass is 32.2. The highest BCUT2D eigenvalue weighted by Crippen LogP contribution is 2.30. The molecule has 2 aliphatic rings. The number of methoxy groups -OCH3 is 1. The summed E-state index contributed by atoms with van der Waals surface area (Å²) < 4.78 is 4.68. The molecule has 2 heterocycles. The van der Waals surface area contributed by atoms with E-state index in [0.29, 0.717) is 10.5 Å². The molecule has 7 heteroatoms. The topological polar surface area (TPSA) is 62.2 Å². The van der Waals surface area contributed by atoms with Crippen LogP contribution in [0.5, 0.6) is 0 Å². The number of benzene rings is 1. The summed E-state index contributed by atoms with van der Waals surface area (Å²) in [7, 11) is 3.44. The third-order valence-electron chi connectivity index (χ3n) is 4.01. The highest BCUT2D eigenvalue weighted by molar-refractivity contribution is 8.18. The Labute approximate surface area is 145 Å². The summed E-state index contributed by atoms with van der Waals surface area (Å²) in [6, 6.07) is 6.96. The second-order valence-corrected chi connectivity index (χ2v) is 6.72. The van der Waals surface area contributed by atoms with E-state index in [1.165, 1.54) is 18.9 Å².